The number of halogens is 2. The maximum Gasteiger partial charge on any atom is 0.0535 e. The molecule has 0 aliphatic heterocycles. The Bertz CT molecular complexity index is 681. The number of hydrogen-bond acceptors (Lipinski definition) is 0. The van der Waals surface area contributed by atoms with E-state index in [1.165, 1.54) is 21.8 Å². The molecule has 3 rings (SSSR count). The van der Waals surface area contributed by atoms with E-state index in [1.807, 2.05) is 6.20 Å². The molecule has 0 bridgehead atoms. The van der Waals surface area contributed by atoms with Crippen molar-refractivity contribution in [2.75, 3.05) is 0 Å². The summed E-state index contributed by atoms with van der Waals surface area (Å²) in [5.41, 5.74) is 2.35. The molecular weight excluding hydrogens is 342 g/mol. The van der Waals surface area contributed by atoms with Crippen LogP contribution in [0, 0.1) is 0 Å². The Labute approximate surface area is 116 Å². The number of nitrogens with zero attached hydrogens (tertiary/aromatic N) is 1. The summed E-state index contributed by atoms with van der Waals surface area (Å²) in [6.45, 7) is 3.89. The second-order valence-electron chi connectivity index (χ2n) is 3.88. The molecule has 0 aliphatic carbocycles. The summed E-state index contributed by atoms with van der Waals surface area (Å²) in [6.07, 6.45) is 1.85. The zero-order valence-electron chi connectivity index (χ0n) is 8.95. The average molecular weight is 351 g/mol. The first-order valence-corrected chi connectivity index (χ1v) is 6.80. The highest BCUT2D eigenvalue weighted by atomic mass is 79.9. The highest BCUT2D eigenvalue weighted by Crippen LogP contribution is 2.32. The normalized spacial score (nSPS) is 11.2. The van der Waals surface area contributed by atoms with Crippen LogP contribution in [-0.2, 0) is 0 Å². The van der Waals surface area contributed by atoms with Gasteiger partial charge in [-0.25, -0.2) is 0 Å². The van der Waals surface area contributed by atoms with E-state index in [2.05, 4.69) is 79.4 Å². The Kier molecular flexibility index (Phi) is 2.60. The first-order valence-electron chi connectivity index (χ1n) is 5.22. The van der Waals surface area contributed by atoms with Crippen molar-refractivity contribution >= 4 is 59.9 Å². The van der Waals surface area contributed by atoms with Crippen LogP contribution in [0.3, 0.4) is 0 Å². The van der Waals surface area contributed by atoms with Gasteiger partial charge in [0.05, 0.1) is 11.0 Å². The van der Waals surface area contributed by atoms with Crippen molar-refractivity contribution in [1.82, 2.24) is 4.57 Å². The van der Waals surface area contributed by atoms with Crippen molar-refractivity contribution < 1.29 is 0 Å². The molecule has 1 aromatic heterocycles. The van der Waals surface area contributed by atoms with E-state index in [0.717, 1.165) is 8.95 Å². The van der Waals surface area contributed by atoms with Crippen molar-refractivity contribution in [1.29, 1.82) is 0 Å². The van der Waals surface area contributed by atoms with Crippen molar-refractivity contribution in [3.05, 3.63) is 51.9 Å². The van der Waals surface area contributed by atoms with Gasteiger partial charge >= 0.3 is 0 Å². The molecule has 2 aromatic carbocycles. The molecule has 3 aromatic rings. The number of fused-ring (bicyclic) bond motifs is 3. The van der Waals surface area contributed by atoms with Gasteiger partial charge in [0.15, 0.2) is 0 Å². The molecule has 1 nitrogen and oxygen atoms in total. The Morgan fingerprint density at radius 1 is 0.882 bits per heavy atom. The number of benzene rings is 2. The predicted octanol–water partition coefficient (Wildman–Crippen LogP) is 5.42. The van der Waals surface area contributed by atoms with Crippen LogP contribution in [0.1, 0.15) is 0 Å². The molecule has 0 atom stereocenters. The summed E-state index contributed by atoms with van der Waals surface area (Å²) in [6, 6.07) is 12.6. The molecule has 0 N–H and O–H groups in total. The summed E-state index contributed by atoms with van der Waals surface area (Å²) in [7, 11) is 0. The lowest BCUT2D eigenvalue weighted by molar-refractivity contribution is 1.29. The minimum Gasteiger partial charge on any atom is -0.317 e. The molecule has 0 unspecified atom stereocenters. The zero-order chi connectivity index (χ0) is 12.0. The molecule has 0 saturated heterocycles. The third-order valence-corrected chi connectivity index (χ3v) is 3.90. The molecule has 0 spiro atoms. The van der Waals surface area contributed by atoms with Gasteiger partial charge in [-0.1, -0.05) is 38.4 Å². The standard InChI is InChI=1S/C14H9Br2N/c1-2-17-13-5-3-9(15)7-11(13)12-8-10(16)4-6-14(12)17/h2-8H,1H2. The first-order chi connectivity index (χ1) is 8.20. The van der Waals surface area contributed by atoms with Gasteiger partial charge in [0.2, 0.25) is 0 Å². The van der Waals surface area contributed by atoms with Gasteiger partial charge < -0.3 is 4.57 Å². The van der Waals surface area contributed by atoms with Gasteiger partial charge in [0.25, 0.3) is 0 Å². The molecule has 1 heterocycles. The van der Waals surface area contributed by atoms with Crippen molar-refractivity contribution in [3.63, 3.8) is 0 Å². The minimum absolute atomic E-state index is 1.09. The molecule has 0 saturated carbocycles. The summed E-state index contributed by atoms with van der Waals surface area (Å²) >= 11 is 7.04. The summed E-state index contributed by atoms with van der Waals surface area (Å²) in [5.74, 6) is 0. The molecule has 3 heteroatoms. The van der Waals surface area contributed by atoms with Crippen LogP contribution in [0.2, 0.25) is 0 Å². The van der Waals surface area contributed by atoms with Gasteiger partial charge in [0.1, 0.15) is 0 Å². The van der Waals surface area contributed by atoms with Crippen LogP contribution < -0.4 is 0 Å². The maximum atomic E-state index is 3.89. The average Bonchev–Trinajstić information content (AvgIpc) is 2.62. The minimum atomic E-state index is 1.09. The highest BCUT2D eigenvalue weighted by molar-refractivity contribution is 9.10. The topological polar surface area (TPSA) is 4.93 Å². The van der Waals surface area contributed by atoms with Gasteiger partial charge in [-0.15, -0.1) is 0 Å². The van der Waals surface area contributed by atoms with Crippen LogP contribution in [0.4, 0.5) is 0 Å². The lowest BCUT2D eigenvalue weighted by Crippen LogP contribution is -1.83. The predicted molar refractivity (Wildman–Crippen MR) is 81.2 cm³/mol. The molecule has 0 fully saturated rings. The second-order valence-corrected chi connectivity index (χ2v) is 5.71. The zero-order valence-corrected chi connectivity index (χ0v) is 12.1. The fourth-order valence-electron chi connectivity index (χ4n) is 2.19. The van der Waals surface area contributed by atoms with Crippen molar-refractivity contribution in [3.8, 4) is 0 Å². The molecule has 0 aliphatic rings. The first kappa shape index (κ1) is 11.1. The Hall–Kier alpha value is -1.06. The third-order valence-electron chi connectivity index (χ3n) is 2.91. The van der Waals surface area contributed by atoms with Crippen LogP contribution in [0.15, 0.2) is 51.9 Å². The van der Waals surface area contributed by atoms with E-state index >= 15 is 0 Å². The van der Waals surface area contributed by atoms with Crippen LogP contribution >= 0.6 is 31.9 Å². The number of aromatic nitrogens is 1. The third kappa shape index (κ3) is 1.65. The van der Waals surface area contributed by atoms with E-state index in [4.69, 9.17) is 0 Å². The van der Waals surface area contributed by atoms with E-state index in [-0.39, 0.29) is 0 Å². The number of hydrogen-bond donors (Lipinski definition) is 0. The van der Waals surface area contributed by atoms with Gasteiger partial charge in [-0.2, -0.15) is 0 Å². The summed E-state index contributed by atoms with van der Waals surface area (Å²) in [4.78, 5) is 0. The van der Waals surface area contributed by atoms with E-state index in [9.17, 15) is 0 Å². The Morgan fingerprint density at radius 2 is 1.35 bits per heavy atom. The molecule has 17 heavy (non-hydrogen) atoms. The lowest BCUT2D eigenvalue weighted by atomic mass is 10.2. The Morgan fingerprint density at radius 3 is 1.76 bits per heavy atom. The smallest absolute Gasteiger partial charge is 0.0535 e. The van der Waals surface area contributed by atoms with E-state index in [0.29, 0.717) is 0 Å². The lowest BCUT2D eigenvalue weighted by Gasteiger charge is -1.98. The maximum absolute atomic E-state index is 3.89. The van der Waals surface area contributed by atoms with Gasteiger partial charge in [-0.3, -0.25) is 0 Å². The van der Waals surface area contributed by atoms with Crippen LogP contribution in [-0.4, -0.2) is 4.57 Å². The fraction of sp³-hybridized carbons (Fsp3) is 0. The summed E-state index contributed by atoms with van der Waals surface area (Å²) in [5, 5.41) is 2.46. The van der Waals surface area contributed by atoms with Crippen molar-refractivity contribution in [2.24, 2.45) is 0 Å². The largest absolute Gasteiger partial charge is 0.317 e. The molecular formula is C14H9Br2N. The summed E-state index contributed by atoms with van der Waals surface area (Å²) < 4.78 is 4.30. The highest BCUT2D eigenvalue weighted by Gasteiger charge is 2.09. The van der Waals surface area contributed by atoms with Gasteiger partial charge in [-0.05, 0) is 36.4 Å². The van der Waals surface area contributed by atoms with E-state index < -0.39 is 0 Å². The SMILES string of the molecule is C=Cn1c2ccc(Br)cc2c2cc(Br)ccc21. The molecule has 0 radical (unpaired) electrons. The molecule has 84 valence electrons. The Balaban J connectivity index is 2.61. The monoisotopic (exact) mass is 349 g/mol. The van der Waals surface area contributed by atoms with Crippen LogP contribution in [0.25, 0.3) is 28.0 Å². The quantitative estimate of drug-likeness (QED) is 0.552. The van der Waals surface area contributed by atoms with E-state index in [1.54, 1.807) is 0 Å². The number of rotatable bonds is 1. The van der Waals surface area contributed by atoms with Crippen molar-refractivity contribution in [2.45, 2.75) is 0 Å². The van der Waals surface area contributed by atoms with Gasteiger partial charge in [0, 0.05) is 25.9 Å². The molecule has 0 amide bonds. The van der Waals surface area contributed by atoms with Crippen LogP contribution in [0.5, 0.6) is 0 Å². The fourth-order valence-corrected chi connectivity index (χ4v) is 2.92. The second kappa shape index (κ2) is 4.00.